The van der Waals surface area contributed by atoms with Gasteiger partial charge in [0.25, 0.3) is 0 Å². The highest BCUT2D eigenvalue weighted by Gasteiger charge is 2.15. The van der Waals surface area contributed by atoms with E-state index in [0.29, 0.717) is 16.8 Å². The smallest absolute Gasteiger partial charge is 0.185 e. The van der Waals surface area contributed by atoms with Gasteiger partial charge in [-0.15, -0.1) is 0 Å². The molecular formula is C26H20N2O2. The highest BCUT2D eigenvalue weighted by Crippen LogP contribution is 2.27. The van der Waals surface area contributed by atoms with E-state index in [4.69, 9.17) is 0 Å². The molecular weight excluding hydrogens is 372 g/mol. The predicted molar refractivity (Wildman–Crippen MR) is 118 cm³/mol. The minimum atomic E-state index is -0.0870. The van der Waals surface area contributed by atoms with Crippen LogP contribution in [0.4, 0.5) is 0 Å². The molecule has 2 heterocycles. The zero-order chi connectivity index (χ0) is 20.9. The summed E-state index contributed by atoms with van der Waals surface area (Å²) in [5.74, 6) is -0.0870. The van der Waals surface area contributed by atoms with E-state index < -0.39 is 0 Å². The number of aromatic nitrogens is 2. The second-order valence-electron chi connectivity index (χ2n) is 7.07. The fourth-order valence-electron chi connectivity index (χ4n) is 3.56. The van der Waals surface area contributed by atoms with E-state index >= 15 is 0 Å². The van der Waals surface area contributed by atoms with Crippen molar-refractivity contribution in [3.8, 4) is 22.3 Å². The molecule has 0 amide bonds. The SMILES string of the molecule is Cc1c(CC(=O)c2cc(-c3ccncc3)c(C=O)cn2)cccc1-c1ccccc1. The van der Waals surface area contributed by atoms with Crippen molar-refractivity contribution < 1.29 is 9.59 Å². The molecule has 30 heavy (non-hydrogen) atoms. The van der Waals surface area contributed by atoms with Crippen LogP contribution in [0.5, 0.6) is 0 Å². The molecule has 4 heteroatoms. The van der Waals surface area contributed by atoms with Crippen LogP contribution in [-0.4, -0.2) is 22.0 Å². The van der Waals surface area contributed by atoms with Gasteiger partial charge >= 0.3 is 0 Å². The van der Waals surface area contributed by atoms with Crippen molar-refractivity contribution in [1.82, 2.24) is 9.97 Å². The maximum Gasteiger partial charge on any atom is 0.185 e. The lowest BCUT2D eigenvalue weighted by Crippen LogP contribution is -2.08. The summed E-state index contributed by atoms with van der Waals surface area (Å²) >= 11 is 0. The maximum absolute atomic E-state index is 13.0. The molecule has 0 saturated carbocycles. The van der Waals surface area contributed by atoms with Crippen LogP contribution in [0, 0.1) is 6.92 Å². The first-order valence-corrected chi connectivity index (χ1v) is 9.70. The highest BCUT2D eigenvalue weighted by molar-refractivity contribution is 5.99. The average Bonchev–Trinajstić information content (AvgIpc) is 2.81. The molecule has 146 valence electrons. The van der Waals surface area contributed by atoms with Crippen molar-refractivity contribution >= 4 is 12.1 Å². The summed E-state index contributed by atoms with van der Waals surface area (Å²) in [5.41, 5.74) is 6.58. The van der Waals surface area contributed by atoms with E-state index in [2.05, 4.69) is 28.2 Å². The van der Waals surface area contributed by atoms with Crippen molar-refractivity contribution in [2.45, 2.75) is 13.3 Å². The molecule has 0 aliphatic carbocycles. The Kier molecular flexibility index (Phi) is 5.57. The number of pyridine rings is 2. The van der Waals surface area contributed by atoms with Gasteiger partial charge in [0.05, 0.1) is 0 Å². The van der Waals surface area contributed by atoms with Crippen LogP contribution in [0.1, 0.15) is 32.0 Å². The molecule has 0 N–H and O–H groups in total. The molecule has 2 aromatic heterocycles. The van der Waals surface area contributed by atoms with Crippen molar-refractivity contribution in [2.24, 2.45) is 0 Å². The second-order valence-corrected chi connectivity index (χ2v) is 7.07. The minimum Gasteiger partial charge on any atom is -0.298 e. The van der Waals surface area contributed by atoms with E-state index in [1.165, 1.54) is 6.20 Å². The number of nitrogens with zero attached hydrogens (tertiary/aromatic N) is 2. The Bertz CT molecular complexity index is 1200. The summed E-state index contributed by atoms with van der Waals surface area (Å²) < 4.78 is 0. The fraction of sp³-hybridized carbons (Fsp3) is 0.0769. The molecule has 0 aliphatic heterocycles. The second kappa shape index (κ2) is 8.62. The summed E-state index contributed by atoms with van der Waals surface area (Å²) in [6.07, 6.45) is 5.78. The number of hydrogen-bond acceptors (Lipinski definition) is 4. The van der Waals surface area contributed by atoms with Gasteiger partial charge in [-0.3, -0.25) is 19.6 Å². The van der Waals surface area contributed by atoms with E-state index in [1.54, 1.807) is 18.5 Å². The molecule has 0 saturated heterocycles. The van der Waals surface area contributed by atoms with E-state index in [1.807, 2.05) is 49.4 Å². The van der Waals surface area contributed by atoms with Crippen LogP contribution in [-0.2, 0) is 6.42 Å². The number of rotatable bonds is 6. The van der Waals surface area contributed by atoms with Gasteiger partial charge in [0.2, 0.25) is 0 Å². The molecule has 4 rings (SSSR count). The highest BCUT2D eigenvalue weighted by atomic mass is 16.1. The van der Waals surface area contributed by atoms with E-state index in [0.717, 1.165) is 34.1 Å². The molecule has 4 aromatic rings. The molecule has 2 aromatic carbocycles. The third kappa shape index (κ3) is 3.94. The van der Waals surface area contributed by atoms with Crippen molar-refractivity contribution in [3.63, 3.8) is 0 Å². The Morgan fingerprint density at radius 1 is 0.900 bits per heavy atom. The van der Waals surface area contributed by atoms with Gasteiger partial charge in [0.15, 0.2) is 12.1 Å². The number of carbonyl (C=O) groups is 2. The molecule has 0 aliphatic rings. The number of hydrogen-bond donors (Lipinski definition) is 0. The molecule has 0 bridgehead atoms. The molecule has 0 atom stereocenters. The predicted octanol–water partition coefficient (Wildman–Crippen LogP) is 5.36. The van der Waals surface area contributed by atoms with Gasteiger partial charge in [-0.25, -0.2) is 0 Å². The lowest BCUT2D eigenvalue weighted by molar-refractivity contribution is 0.0987. The maximum atomic E-state index is 13.0. The Labute approximate surface area is 175 Å². The van der Waals surface area contributed by atoms with Crippen molar-refractivity contribution in [1.29, 1.82) is 0 Å². The number of carbonyl (C=O) groups excluding carboxylic acids is 2. The van der Waals surface area contributed by atoms with Gasteiger partial charge in [-0.1, -0.05) is 48.5 Å². The largest absolute Gasteiger partial charge is 0.298 e. The zero-order valence-corrected chi connectivity index (χ0v) is 16.6. The first-order valence-electron chi connectivity index (χ1n) is 9.70. The Balaban J connectivity index is 1.66. The van der Waals surface area contributed by atoms with E-state index in [-0.39, 0.29) is 12.2 Å². The normalized spacial score (nSPS) is 10.6. The topological polar surface area (TPSA) is 59.9 Å². The van der Waals surface area contributed by atoms with E-state index in [9.17, 15) is 9.59 Å². The van der Waals surface area contributed by atoms with Gasteiger partial charge in [-0.2, -0.15) is 0 Å². The van der Waals surface area contributed by atoms with Gasteiger partial charge in [0.1, 0.15) is 5.69 Å². The standard InChI is InChI=1S/C26H20N2O2/c1-18-21(8-5-9-23(18)19-6-3-2-4-7-19)14-26(30)25-15-24(22(17-29)16-28-25)20-10-12-27-13-11-20/h2-13,15-17H,14H2,1H3. The zero-order valence-electron chi connectivity index (χ0n) is 16.6. The Hall–Kier alpha value is -3.92. The number of Topliss-reactive ketones (excluding diaryl/α,β-unsaturated/α-hetero) is 1. The van der Waals surface area contributed by atoms with Crippen LogP contribution in [0.3, 0.4) is 0 Å². The summed E-state index contributed by atoms with van der Waals surface area (Å²) in [4.78, 5) is 32.7. The van der Waals surface area contributed by atoms with Crippen molar-refractivity contribution in [3.05, 3.63) is 108 Å². The molecule has 0 radical (unpaired) electrons. The fourth-order valence-corrected chi connectivity index (χ4v) is 3.56. The summed E-state index contributed by atoms with van der Waals surface area (Å²) in [7, 11) is 0. The first-order chi connectivity index (χ1) is 14.7. The van der Waals surface area contributed by atoms with Crippen LogP contribution in [0.2, 0.25) is 0 Å². The van der Waals surface area contributed by atoms with Gasteiger partial charge in [0, 0.05) is 30.6 Å². The summed E-state index contributed by atoms with van der Waals surface area (Å²) in [5, 5.41) is 0. The lowest BCUT2D eigenvalue weighted by Gasteiger charge is -2.12. The Morgan fingerprint density at radius 2 is 1.63 bits per heavy atom. The minimum absolute atomic E-state index is 0.0870. The molecule has 4 nitrogen and oxygen atoms in total. The number of benzene rings is 2. The Morgan fingerprint density at radius 3 is 2.37 bits per heavy atom. The molecule has 0 spiro atoms. The van der Waals surface area contributed by atoms with Crippen molar-refractivity contribution in [2.75, 3.05) is 0 Å². The molecule has 0 fully saturated rings. The lowest BCUT2D eigenvalue weighted by atomic mass is 9.93. The molecule has 0 unspecified atom stereocenters. The number of aldehydes is 1. The quantitative estimate of drug-likeness (QED) is 0.327. The van der Waals surface area contributed by atoms with Crippen LogP contribution >= 0.6 is 0 Å². The van der Waals surface area contributed by atoms with Gasteiger partial charge < -0.3 is 0 Å². The van der Waals surface area contributed by atoms with Crippen LogP contribution < -0.4 is 0 Å². The first kappa shape index (κ1) is 19.4. The van der Waals surface area contributed by atoms with Crippen LogP contribution in [0.15, 0.2) is 85.3 Å². The van der Waals surface area contributed by atoms with Gasteiger partial charge in [-0.05, 0) is 58.5 Å². The third-order valence-corrected chi connectivity index (χ3v) is 5.22. The van der Waals surface area contributed by atoms with Crippen LogP contribution in [0.25, 0.3) is 22.3 Å². The third-order valence-electron chi connectivity index (χ3n) is 5.22. The summed E-state index contributed by atoms with van der Waals surface area (Å²) in [6.45, 7) is 2.04. The summed E-state index contributed by atoms with van der Waals surface area (Å²) in [6, 6.07) is 21.5. The number of ketones is 1. The average molecular weight is 392 g/mol. The monoisotopic (exact) mass is 392 g/mol.